The first-order valence-electron chi connectivity index (χ1n) is 8.11. The number of nitriles is 1. The van der Waals surface area contributed by atoms with Gasteiger partial charge in [-0.3, -0.25) is 4.79 Å². The number of rotatable bonds is 8. The number of carbonyl (C=O) groups excluding carboxylic acids is 1. The van der Waals surface area contributed by atoms with Crippen molar-refractivity contribution in [3.05, 3.63) is 71.8 Å². The molecule has 0 aliphatic carbocycles. The molecule has 2 aromatic carbocycles. The summed E-state index contributed by atoms with van der Waals surface area (Å²) < 4.78 is 4.90. The van der Waals surface area contributed by atoms with Crippen LogP contribution < -0.4 is 5.32 Å². The van der Waals surface area contributed by atoms with Crippen molar-refractivity contribution in [2.45, 2.75) is 18.8 Å². The van der Waals surface area contributed by atoms with Gasteiger partial charge in [0.1, 0.15) is 5.41 Å². The molecular weight excluding hydrogens is 300 g/mol. The molecule has 0 radical (unpaired) electrons. The Hall–Kier alpha value is -2.64. The van der Waals surface area contributed by atoms with Crippen LogP contribution in [0.4, 0.5) is 0 Å². The van der Waals surface area contributed by atoms with Crippen LogP contribution in [0.1, 0.15) is 24.5 Å². The Morgan fingerprint density at radius 3 is 2.08 bits per heavy atom. The molecule has 0 saturated heterocycles. The zero-order chi connectivity index (χ0) is 17.3. The number of benzene rings is 2. The summed E-state index contributed by atoms with van der Waals surface area (Å²) >= 11 is 0. The maximum Gasteiger partial charge on any atom is 0.319 e. The van der Waals surface area contributed by atoms with Crippen LogP contribution in [0.15, 0.2) is 60.7 Å². The molecule has 1 N–H and O–H groups in total. The lowest BCUT2D eigenvalue weighted by atomic mass is 9.73. The van der Waals surface area contributed by atoms with Crippen LogP contribution in [0.5, 0.6) is 0 Å². The van der Waals surface area contributed by atoms with Gasteiger partial charge in [0.25, 0.3) is 0 Å². The predicted octanol–water partition coefficient (Wildman–Crippen LogP) is 3.04. The molecule has 24 heavy (non-hydrogen) atoms. The second kappa shape index (κ2) is 8.85. The van der Waals surface area contributed by atoms with Gasteiger partial charge in [-0.25, -0.2) is 0 Å². The summed E-state index contributed by atoms with van der Waals surface area (Å²) in [4.78, 5) is 11.4. The van der Waals surface area contributed by atoms with Gasteiger partial charge < -0.3 is 10.1 Å². The van der Waals surface area contributed by atoms with Gasteiger partial charge in [-0.15, -0.1) is 0 Å². The highest BCUT2D eigenvalue weighted by Crippen LogP contribution is 2.34. The van der Waals surface area contributed by atoms with Crippen molar-refractivity contribution >= 4 is 5.97 Å². The SMILES string of the molecule is CCOC(=O)CNCCC(C#N)(c1ccccc1)c1ccccc1. The third-order valence-corrected chi connectivity index (χ3v) is 3.98. The van der Waals surface area contributed by atoms with E-state index in [9.17, 15) is 10.1 Å². The molecule has 0 aromatic heterocycles. The Kier molecular flexibility index (Phi) is 6.53. The summed E-state index contributed by atoms with van der Waals surface area (Å²) in [5, 5.41) is 13.1. The Bertz CT molecular complexity index is 638. The van der Waals surface area contributed by atoms with Gasteiger partial charge in [0.2, 0.25) is 0 Å². The van der Waals surface area contributed by atoms with Gasteiger partial charge in [-0.05, 0) is 31.0 Å². The van der Waals surface area contributed by atoms with E-state index in [4.69, 9.17) is 4.74 Å². The Balaban J connectivity index is 2.18. The lowest BCUT2D eigenvalue weighted by Crippen LogP contribution is -2.33. The maximum atomic E-state index is 11.4. The fourth-order valence-corrected chi connectivity index (χ4v) is 2.76. The molecule has 0 aliphatic rings. The molecule has 2 rings (SSSR count). The largest absolute Gasteiger partial charge is 0.465 e. The highest BCUT2D eigenvalue weighted by Gasteiger charge is 2.33. The fourth-order valence-electron chi connectivity index (χ4n) is 2.76. The highest BCUT2D eigenvalue weighted by molar-refractivity contribution is 5.71. The molecule has 0 fully saturated rings. The van der Waals surface area contributed by atoms with Gasteiger partial charge in [0.15, 0.2) is 0 Å². The van der Waals surface area contributed by atoms with E-state index in [1.807, 2.05) is 60.7 Å². The van der Waals surface area contributed by atoms with Gasteiger partial charge in [-0.2, -0.15) is 5.26 Å². The number of hydrogen-bond acceptors (Lipinski definition) is 4. The third-order valence-electron chi connectivity index (χ3n) is 3.98. The number of nitrogens with zero attached hydrogens (tertiary/aromatic N) is 1. The number of esters is 1. The van der Waals surface area contributed by atoms with Crippen molar-refractivity contribution in [3.8, 4) is 6.07 Å². The van der Waals surface area contributed by atoms with Gasteiger partial charge >= 0.3 is 5.97 Å². The van der Waals surface area contributed by atoms with E-state index in [1.165, 1.54) is 0 Å². The average Bonchev–Trinajstić information content (AvgIpc) is 2.64. The van der Waals surface area contributed by atoms with E-state index in [1.54, 1.807) is 6.92 Å². The van der Waals surface area contributed by atoms with E-state index in [0.717, 1.165) is 11.1 Å². The molecule has 0 spiro atoms. The van der Waals surface area contributed by atoms with Crippen molar-refractivity contribution in [1.82, 2.24) is 5.32 Å². The van der Waals surface area contributed by atoms with Crippen molar-refractivity contribution in [2.24, 2.45) is 0 Å². The van der Waals surface area contributed by atoms with Crippen molar-refractivity contribution < 1.29 is 9.53 Å². The molecular formula is C20H22N2O2. The molecule has 0 bridgehead atoms. The Morgan fingerprint density at radius 1 is 1.08 bits per heavy atom. The lowest BCUT2D eigenvalue weighted by Gasteiger charge is -2.28. The molecule has 4 heteroatoms. The van der Waals surface area contributed by atoms with Crippen LogP contribution in [0.25, 0.3) is 0 Å². The minimum Gasteiger partial charge on any atom is -0.465 e. The van der Waals surface area contributed by atoms with Crippen LogP contribution in [0.2, 0.25) is 0 Å². The number of hydrogen-bond donors (Lipinski definition) is 1. The summed E-state index contributed by atoms with van der Waals surface area (Å²) in [6, 6.07) is 22.0. The minimum absolute atomic E-state index is 0.152. The van der Waals surface area contributed by atoms with Gasteiger partial charge in [0, 0.05) is 0 Å². The monoisotopic (exact) mass is 322 g/mol. The van der Waals surface area contributed by atoms with Crippen LogP contribution in [0, 0.1) is 11.3 Å². The van der Waals surface area contributed by atoms with E-state index < -0.39 is 5.41 Å². The maximum absolute atomic E-state index is 11.4. The second-order valence-electron chi connectivity index (χ2n) is 5.48. The molecule has 0 heterocycles. The Labute approximate surface area is 143 Å². The summed E-state index contributed by atoms with van der Waals surface area (Å²) in [5.41, 5.74) is 1.16. The van der Waals surface area contributed by atoms with Gasteiger partial charge in [0.05, 0.1) is 19.2 Å². The standard InChI is InChI=1S/C20H22N2O2/c1-2-24-19(23)15-22-14-13-20(16-21,17-9-5-3-6-10-17)18-11-7-4-8-12-18/h3-12,22H,2,13-15H2,1H3. The van der Waals surface area contributed by atoms with Crippen molar-refractivity contribution in [3.63, 3.8) is 0 Å². The van der Waals surface area contributed by atoms with Crippen molar-refractivity contribution in [2.75, 3.05) is 19.7 Å². The van der Waals surface area contributed by atoms with Crippen LogP contribution in [0.3, 0.4) is 0 Å². The van der Waals surface area contributed by atoms with E-state index in [-0.39, 0.29) is 12.5 Å². The zero-order valence-corrected chi connectivity index (χ0v) is 13.9. The molecule has 0 saturated carbocycles. The molecule has 0 atom stereocenters. The fraction of sp³-hybridized carbons (Fsp3) is 0.300. The van der Waals surface area contributed by atoms with E-state index >= 15 is 0 Å². The quantitative estimate of drug-likeness (QED) is 0.599. The second-order valence-corrected chi connectivity index (χ2v) is 5.48. The molecule has 124 valence electrons. The first-order valence-corrected chi connectivity index (χ1v) is 8.11. The summed E-state index contributed by atoms with van der Waals surface area (Å²) in [6.07, 6.45) is 0.566. The molecule has 4 nitrogen and oxygen atoms in total. The first-order chi connectivity index (χ1) is 11.7. The number of carbonyl (C=O) groups is 1. The van der Waals surface area contributed by atoms with Crippen LogP contribution in [-0.2, 0) is 14.9 Å². The Morgan fingerprint density at radius 2 is 1.62 bits per heavy atom. The first kappa shape index (κ1) is 17.7. The van der Waals surface area contributed by atoms with Crippen LogP contribution in [-0.4, -0.2) is 25.7 Å². The molecule has 0 amide bonds. The highest BCUT2D eigenvalue weighted by atomic mass is 16.5. The molecule has 2 aromatic rings. The predicted molar refractivity (Wildman–Crippen MR) is 93.4 cm³/mol. The van der Waals surface area contributed by atoms with E-state index in [2.05, 4.69) is 11.4 Å². The third kappa shape index (κ3) is 4.21. The molecule has 0 unspecified atom stereocenters. The normalized spacial score (nSPS) is 10.8. The summed E-state index contributed by atoms with van der Waals surface area (Å²) in [5.74, 6) is -0.278. The smallest absolute Gasteiger partial charge is 0.319 e. The minimum atomic E-state index is -0.746. The van der Waals surface area contributed by atoms with Crippen LogP contribution >= 0.6 is 0 Å². The zero-order valence-electron chi connectivity index (χ0n) is 13.9. The van der Waals surface area contributed by atoms with Gasteiger partial charge in [-0.1, -0.05) is 60.7 Å². The van der Waals surface area contributed by atoms with Crippen molar-refractivity contribution in [1.29, 1.82) is 5.26 Å². The number of ether oxygens (including phenoxy) is 1. The molecule has 0 aliphatic heterocycles. The number of nitrogens with one attached hydrogen (secondary N) is 1. The summed E-state index contributed by atoms with van der Waals surface area (Å²) in [6.45, 7) is 2.84. The average molecular weight is 322 g/mol. The lowest BCUT2D eigenvalue weighted by molar-refractivity contribution is -0.142. The van der Waals surface area contributed by atoms with E-state index in [0.29, 0.717) is 19.6 Å². The summed E-state index contributed by atoms with van der Waals surface area (Å²) in [7, 11) is 0. The topological polar surface area (TPSA) is 62.1 Å².